The van der Waals surface area contributed by atoms with E-state index in [1.165, 1.54) is 0 Å². The highest BCUT2D eigenvalue weighted by molar-refractivity contribution is 7.09. The molecule has 2 aliphatic rings. The van der Waals surface area contributed by atoms with Gasteiger partial charge >= 0.3 is 0 Å². The SMILES string of the molecule is Cc1nc(CN2CC(C)n3c(cc4cc(OC5CCN(C(C)C)CC5)ccc43)C2=O)cs1. The molecule has 1 fully saturated rings. The van der Waals surface area contributed by atoms with Crippen LogP contribution in [0, 0.1) is 6.92 Å². The molecule has 0 aliphatic carbocycles. The summed E-state index contributed by atoms with van der Waals surface area (Å²) in [6.07, 6.45) is 2.38. The van der Waals surface area contributed by atoms with Crippen molar-refractivity contribution in [3.05, 3.63) is 46.0 Å². The number of aryl methyl sites for hydroxylation is 1. The van der Waals surface area contributed by atoms with Gasteiger partial charge in [0.2, 0.25) is 0 Å². The summed E-state index contributed by atoms with van der Waals surface area (Å²) in [6.45, 7) is 12.1. The maximum atomic E-state index is 13.3. The molecule has 3 aromatic rings. The highest BCUT2D eigenvalue weighted by atomic mass is 32.1. The van der Waals surface area contributed by atoms with Gasteiger partial charge in [0.25, 0.3) is 5.91 Å². The number of carbonyl (C=O) groups excluding carboxylic acids is 1. The first-order valence-electron chi connectivity index (χ1n) is 11.6. The smallest absolute Gasteiger partial charge is 0.270 e. The van der Waals surface area contributed by atoms with Crippen molar-refractivity contribution >= 4 is 28.1 Å². The van der Waals surface area contributed by atoms with E-state index < -0.39 is 0 Å². The predicted molar refractivity (Wildman–Crippen MR) is 129 cm³/mol. The van der Waals surface area contributed by atoms with Crippen molar-refractivity contribution in [3.63, 3.8) is 0 Å². The zero-order valence-electron chi connectivity index (χ0n) is 19.4. The molecule has 170 valence electrons. The first-order valence-corrected chi connectivity index (χ1v) is 12.5. The number of hydrogen-bond acceptors (Lipinski definition) is 5. The number of rotatable bonds is 5. The van der Waals surface area contributed by atoms with E-state index in [4.69, 9.17) is 4.74 Å². The minimum Gasteiger partial charge on any atom is -0.490 e. The summed E-state index contributed by atoms with van der Waals surface area (Å²) in [5.41, 5.74) is 2.83. The van der Waals surface area contributed by atoms with Gasteiger partial charge in [-0.3, -0.25) is 4.79 Å². The van der Waals surface area contributed by atoms with Gasteiger partial charge < -0.3 is 19.1 Å². The van der Waals surface area contributed by atoms with Gasteiger partial charge in [0, 0.05) is 48.0 Å². The fourth-order valence-electron chi connectivity index (χ4n) is 5.09. The molecule has 1 amide bonds. The summed E-state index contributed by atoms with van der Waals surface area (Å²) < 4.78 is 8.53. The molecule has 6 nitrogen and oxygen atoms in total. The molecule has 5 rings (SSSR count). The third kappa shape index (κ3) is 4.04. The molecule has 7 heteroatoms. The largest absolute Gasteiger partial charge is 0.490 e. The van der Waals surface area contributed by atoms with Crippen LogP contribution in [0.5, 0.6) is 5.75 Å². The topological polar surface area (TPSA) is 50.6 Å². The second-order valence-electron chi connectivity index (χ2n) is 9.46. The Labute approximate surface area is 193 Å². The number of ether oxygens (including phenoxy) is 1. The van der Waals surface area contributed by atoms with Gasteiger partial charge in [0.15, 0.2) is 0 Å². The molecule has 32 heavy (non-hydrogen) atoms. The Hall–Kier alpha value is -2.38. The summed E-state index contributed by atoms with van der Waals surface area (Å²) in [7, 11) is 0. The lowest BCUT2D eigenvalue weighted by molar-refractivity contribution is 0.0662. The lowest BCUT2D eigenvalue weighted by atomic mass is 10.1. The Morgan fingerprint density at radius 2 is 2.00 bits per heavy atom. The van der Waals surface area contributed by atoms with Crippen LogP contribution in [0.1, 0.15) is 60.8 Å². The number of aromatic nitrogens is 2. The van der Waals surface area contributed by atoms with E-state index in [1.807, 2.05) is 23.3 Å². The van der Waals surface area contributed by atoms with Crippen molar-refractivity contribution in [3.8, 4) is 5.75 Å². The summed E-state index contributed by atoms with van der Waals surface area (Å²) in [4.78, 5) is 22.3. The Kier molecular flexibility index (Phi) is 5.72. The minimum absolute atomic E-state index is 0.0773. The van der Waals surface area contributed by atoms with Crippen molar-refractivity contribution in [2.24, 2.45) is 0 Å². The zero-order valence-corrected chi connectivity index (χ0v) is 20.2. The van der Waals surface area contributed by atoms with Crippen molar-refractivity contribution in [1.29, 1.82) is 0 Å². The number of carbonyl (C=O) groups is 1. The van der Waals surface area contributed by atoms with E-state index in [9.17, 15) is 4.79 Å². The molecule has 2 aromatic heterocycles. The van der Waals surface area contributed by atoms with Gasteiger partial charge in [-0.25, -0.2) is 4.98 Å². The van der Waals surface area contributed by atoms with Crippen LogP contribution in [0.25, 0.3) is 10.9 Å². The summed E-state index contributed by atoms with van der Waals surface area (Å²) in [5.74, 6) is 0.979. The lowest BCUT2D eigenvalue weighted by Crippen LogP contribution is -2.41. The van der Waals surface area contributed by atoms with E-state index in [0.717, 1.165) is 59.0 Å². The quantitative estimate of drug-likeness (QED) is 0.554. The first kappa shape index (κ1) is 21.5. The summed E-state index contributed by atoms with van der Waals surface area (Å²) in [5, 5.41) is 4.16. The van der Waals surface area contributed by atoms with Crippen LogP contribution in [-0.2, 0) is 6.54 Å². The Bertz CT molecular complexity index is 1130. The molecule has 1 atom stereocenters. The number of benzene rings is 1. The number of likely N-dealkylation sites (tertiary alicyclic amines) is 1. The van der Waals surface area contributed by atoms with Gasteiger partial charge in [-0.2, -0.15) is 0 Å². The maximum absolute atomic E-state index is 13.3. The van der Waals surface area contributed by atoms with Crippen molar-refractivity contribution in [2.45, 2.75) is 65.3 Å². The van der Waals surface area contributed by atoms with Gasteiger partial charge in [0.1, 0.15) is 17.5 Å². The average molecular weight is 453 g/mol. The van der Waals surface area contributed by atoms with Crippen LogP contribution in [0.3, 0.4) is 0 Å². The standard InChI is InChI=1S/C25H32N4O2S/c1-16(2)27-9-7-21(8-10-27)31-22-5-6-23-19(11-22)12-24-25(30)28(13-17(3)29(23)24)14-20-15-32-18(4)26-20/h5-6,11-12,15-17,21H,7-10,13-14H2,1-4H3. The molecule has 1 saturated heterocycles. The Morgan fingerprint density at radius 3 is 2.69 bits per heavy atom. The molecule has 0 saturated carbocycles. The van der Waals surface area contributed by atoms with Crippen LogP contribution < -0.4 is 4.74 Å². The van der Waals surface area contributed by atoms with E-state index in [-0.39, 0.29) is 18.1 Å². The lowest BCUT2D eigenvalue weighted by Gasteiger charge is -2.34. The van der Waals surface area contributed by atoms with Crippen molar-refractivity contribution in [1.82, 2.24) is 19.4 Å². The molecule has 2 aliphatic heterocycles. The van der Waals surface area contributed by atoms with Gasteiger partial charge in [-0.05, 0) is 64.8 Å². The average Bonchev–Trinajstić information content (AvgIpc) is 3.35. The van der Waals surface area contributed by atoms with Crippen LogP contribution in [0.15, 0.2) is 29.6 Å². The van der Waals surface area contributed by atoms with E-state index in [0.29, 0.717) is 19.1 Å². The summed E-state index contributed by atoms with van der Waals surface area (Å²) >= 11 is 1.63. The molecule has 1 unspecified atom stereocenters. The number of fused-ring (bicyclic) bond motifs is 3. The third-order valence-corrected chi connectivity index (χ3v) is 7.59. The molecule has 4 heterocycles. The van der Waals surface area contributed by atoms with Gasteiger partial charge in [0.05, 0.1) is 17.2 Å². The van der Waals surface area contributed by atoms with Crippen LogP contribution >= 0.6 is 11.3 Å². The zero-order chi connectivity index (χ0) is 22.4. The molecular formula is C25H32N4O2S. The number of piperidine rings is 1. The number of thiazole rings is 1. The predicted octanol–water partition coefficient (Wildman–Crippen LogP) is 4.87. The third-order valence-electron chi connectivity index (χ3n) is 6.77. The van der Waals surface area contributed by atoms with E-state index in [2.05, 4.69) is 53.4 Å². The highest BCUT2D eigenvalue weighted by Crippen LogP contribution is 2.33. The molecule has 0 bridgehead atoms. The molecule has 0 spiro atoms. The van der Waals surface area contributed by atoms with Gasteiger partial charge in [-0.1, -0.05) is 0 Å². The molecule has 1 aromatic carbocycles. The van der Waals surface area contributed by atoms with E-state index >= 15 is 0 Å². The van der Waals surface area contributed by atoms with E-state index in [1.54, 1.807) is 11.3 Å². The maximum Gasteiger partial charge on any atom is 0.270 e. The fraction of sp³-hybridized carbons (Fsp3) is 0.520. The van der Waals surface area contributed by atoms with Crippen LogP contribution in [0.4, 0.5) is 0 Å². The number of nitrogens with zero attached hydrogens (tertiary/aromatic N) is 4. The monoisotopic (exact) mass is 452 g/mol. The minimum atomic E-state index is 0.0773. The second-order valence-corrected chi connectivity index (χ2v) is 10.5. The van der Waals surface area contributed by atoms with Crippen LogP contribution in [0.2, 0.25) is 0 Å². The molecular weight excluding hydrogens is 420 g/mol. The number of amides is 1. The van der Waals surface area contributed by atoms with Gasteiger partial charge in [-0.15, -0.1) is 11.3 Å². The molecule has 0 N–H and O–H groups in total. The van der Waals surface area contributed by atoms with Crippen LogP contribution in [-0.4, -0.2) is 57.0 Å². The summed E-state index contributed by atoms with van der Waals surface area (Å²) in [6, 6.07) is 9.11. The number of hydrogen-bond donors (Lipinski definition) is 0. The Balaban J connectivity index is 1.35. The van der Waals surface area contributed by atoms with Crippen molar-refractivity contribution < 1.29 is 9.53 Å². The second kappa shape index (κ2) is 8.52. The first-order chi connectivity index (χ1) is 15.4. The highest BCUT2D eigenvalue weighted by Gasteiger charge is 2.31. The Morgan fingerprint density at radius 1 is 1.22 bits per heavy atom. The fourth-order valence-corrected chi connectivity index (χ4v) is 5.69. The molecule has 0 radical (unpaired) electrons. The normalized spacial score (nSPS) is 20.3. The van der Waals surface area contributed by atoms with Crippen molar-refractivity contribution in [2.75, 3.05) is 19.6 Å².